The van der Waals surface area contributed by atoms with E-state index in [2.05, 4.69) is 37.0 Å². The highest BCUT2D eigenvalue weighted by molar-refractivity contribution is 7.97. The Hall–Kier alpha value is -2.15. The van der Waals surface area contributed by atoms with Crippen LogP contribution in [0.1, 0.15) is 79.8 Å². The summed E-state index contributed by atoms with van der Waals surface area (Å²) in [4.78, 5) is 14.3. The van der Waals surface area contributed by atoms with Crippen LogP contribution < -0.4 is 14.8 Å². The average molecular weight is 583 g/mol. The minimum Gasteiger partial charge on any atom is -0.491 e. The minimum atomic E-state index is -0.905. The molecule has 7 heteroatoms. The van der Waals surface area contributed by atoms with Crippen molar-refractivity contribution in [1.82, 2.24) is 0 Å². The molecule has 3 aliphatic rings. The van der Waals surface area contributed by atoms with E-state index in [9.17, 15) is 9.90 Å². The second-order valence-corrected chi connectivity index (χ2v) is 13.1. The number of nitrogens with two attached hydrogens (primary N) is 1. The summed E-state index contributed by atoms with van der Waals surface area (Å²) in [6.45, 7) is 6.76. The molecule has 216 valence electrons. The SMILES string of the molecule is CCCc1cc(Cl)ccc1C1COc2ccc(C(=O)O)cc2N(CC2CCC2CC2=CC(C(CC)CSN)C2)C1. The predicted molar refractivity (Wildman–Crippen MR) is 167 cm³/mol. The summed E-state index contributed by atoms with van der Waals surface area (Å²) < 4.78 is 6.37. The number of carbonyl (C=O) groups is 1. The fraction of sp³-hybridized carbons (Fsp3) is 0.545. The van der Waals surface area contributed by atoms with Gasteiger partial charge in [0.15, 0.2) is 0 Å². The number of aryl methyl sites for hydroxylation is 1. The van der Waals surface area contributed by atoms with Gasteiger partial charge in [0.1, 0.15) is 5.75 Å². The van der Waals surface area contributed by atoms with E-state index in [0.29, 0.717) is 35.8 Å². The van der Waals surface area contributed by atoms with Crippen LogP contribution in [0.2, 0.25) is 5.02 Å². The van der Waals surface area contributed by atoms with Crippen LogP contribution in [0.5, 0.6) is 5.75 Å². The maximum absolute atomic E-state index is 11.9. The zero-order valence-corrected chi connectivity index (χ0v) is 25.4. The van der Waals surface area contributed by atoms with E-state index in [1.54, 1.807) is 11.6 Å². The number of ether oxygens (including phenoxy) is 1. The van der Waals surface area contributed by atoms with Crippen LogP contribution in [-0.4, -0.2) is 36.5 Å². The molecule has 1 heterocycles. The topological polar surface area (TPSA) is 75.8 Å². The first kappa shape index (κ1) is 29.3. The van der Waals surface area contributed by atoms with Gasteiger partial charge >= 0.3 is 5.97 Å². The van der Waals surface area contributed by atoms with Crippen molar-refractivity contribution in [2.75, 3.05) is 30.3 Å². The van der Waals surface area contributed by atoms with Gasteiger partial charge in [-0.3, -0.25) is 5.14 Å². The summed E-state index contributed by atoms with van der Waals surface area (Å²) in [6.07, 6.45) is 10.7. The van der Waals surface area contributed by atoms with Crippen LogP contribution in [0.15, 0.2) is 48.0 Å². The van der Waals surface area contributed by atoms with Crippen molar-refractivity contribution in [1.29, 1.82) is 0 Å². The number of hydrogen-bond donors (Lipinski definition) is 2. The fourth-order valence-electron chi connectivity index (χ4n) is 6.91. The van der Waals surface area contributed by atoms with Gasteiger partial charge in [-0.2, -0.15) is 0 Å². The van der Waals surface area contributed by atoms with Gasteiger partial charge in [0.05, 0.1) is 17.9 Å². The quantitative estimate of drug-likeness (QED) is 0.195. The Morgan fingerprint density at radius 1 is 1.20 bits per heavy atom. The van der Waals surface area contributed by atoms with Gasteiger partial charge in [-0.15, -0.1) is 0 Å². The molecule has 1 saturated carbocycles. The van der Waals surface area contributed by atoms with Crippen molar-refractivity contribution >= 4 is 35.2 Å². The molecule has 2 aromatic carbocycles. The molecule has 2 aliphatic carbocycles. The van der Waals surface area contributed by atoms with E-state index in [4.69, 9.17) is 21.5 Å². The van der Waals surface area contributed by atoms with Crippen molar-refractivity contribution in [3.63, 3.8) is 0 Å². The van der Waals surface area contributed by atoms with Crippen molar-refractivity contribution < 1.29 is 14.6 Å². The Bertz CT molecular complexity index is 1230. The molecule has 40 heavy (non-hydrogen) atoms. The highest BCUT2D eigenvalue weighted by Crippen LogP contribution is 2.46. The molecule has 5 atom stereocenters. The van der Waals surface area contributed by atoms with E-state index >= 15 is 0 Å². The van der Waals surface area contributed by atoms with Crippen molar-refractivity contribution in [2.24, 2.45) is 28.8 Å². The van der Waals surface area contributed by atoms with Crippen LogP contribution >= 0.6 is 23.5 Å². The minimum absolute atomic E-state index is 0.180. The van der Waals surface area contributed by atoms with Gasteiger partial charge in [0.2, 0.25) is 0 Å². The van der Waals surface area contributed by atoms with Crippen molar-refractivity contribution in [2.45, 2.75) is 64.7 Å². The lowest BCUT2D eigenvalue weighted by atomic mass is 9.66. The molecule has 1 aliphatic heterocycles. The standard InChI is InChI=1S/C33H43ClN2O3S/c1-3-5-24-15-29(34)9-10-30(24)28-18-36(31-16-25(33(37)38)8-11-32(31)39-19-28)17-26-7-6-23(26)12-21-13-27(14-21)22(4-2)20-40-35/h8-11,13,15-16,22-23,26-28H,3-7,12,14,17-20,35H2,1-2H3,(H,37,38). The van der Waals surface area contributed by atoms with Crippen LogP contribution in [0.3, 0.4) is 0 Å². The van der Waals surface area contributed by atoms with Gasteiger partial charge in [0.25, 0.3) is 0 Å². The van der Waals surface area contributed by atoms with Gasteiger partial charge in [-0.05, 0) is 97.2 Å². The Kier molecular flexibility index (Phi) is 9.70. The molecular formula is C33H43ClN2O3S. The van der Waals surface area contributed by atoms with E-state index < -0.39 is 5.97 Å². The lowest BCUT2D eigenvalue weighted by Gasteiger charge is -2.43. The molecule has 0 spiro atoms. The molecule has 3 N–H and O–H groups in total. The maximum Gasteiger partial charge on any atom is 0.335 e. The van der Waals surface area contributed by atoms with Crippen molar-refractivity contribution in [3.8, 4) is 5.75 Å². The molecule has 0 bridgehead atoms. The zero-order chi connectivity index (χ0) is 28.2. The number of rotatable bonds is 12. The van der Waals surface area contributed by atoms with Crippen LogP contribution in [-0.2, 0) is 6.42 Å². The molecular weight excluding hydrogens is 540 g/mol. The van der Waals surface area contributed by atoms with E-state index in [0.717, 1.165) is 48.1 Å². The lowest BCUT2D eigenvalue weighted by Crippen LogP contribution is -2.40. The summed E-state index contributed by atoms with van der Waals surface area (Å²) in [6, 6.07) is 11.5. The fourth-order valence-corrected chi connectivity index (χ4v) is 7.83. The molecule has 0 aromatic heterocycles. The summed E-state index contributed by atoms with van der Waals surface area (Å²) in [5, 5.41) is 16.3. The van der Waals surface area contributed by atoms with Crippen LogP contribution in [0.4, 0.5) is 5.69 Å². The molecule has 5 nitrogen and oxygen atoms in total. The third-order valence-corrected chi connectivity index (χ3v) is 10.3. The normalized spacial score (nSPS) is 24.6. The number of hydrogen-bond acceptors (Lipinski definition) is 5. The van der Waals surface area contributed by atoms with E-state index in [1.807, 2.05) is 18.2 Å². The Labute approximate surface area is 248 Å². The Morgan fingerprint density at radius 2 is 2.00 bits per heavy atom. The first-order valence-electron chi connectivity index (χ1n) is 14.9. The van der Waals surface area contributed by atoms with E-state index in [1.165, 1.54) is 55.2 Å². The molecule has 0 amide bonds. The number of aromatic carboxylic acids is 1. The zero-order valence-electron chi connectivity index (χ0n) is 23.8. The number of anilines is 1. The second kappa shape index (κ2) is 13.2. The smallest absolute Gasteiger partial charge is 0.335 e. The Morgan fingerprint density at radius 3 is 2.67 bits per heavy atom. The number of carboxylic acid groups (broad SMARTS) is 1. The van der Waals surface area contributed by atoms with Crippen molar-refractivity contribution in [3.05, 3.63) is 69.8 Å². The summed E-state index contributed by atoms with van der Waals surface area (Å²) in [5.74, 6) is 3.77. The number of allylic oxidation sites excluding steroid dienone is 2. The molecule has 1 fully saturated rings. The van der Waals surface area contributed by atoms with Gasteiger partial charge in [-0.25, -0.2) is 4.79 Å². The lowest BCUT2D eigenvalue weighted by molar-refractivity contribution is 0.0697. The molecule has 5 rings (SSSR count). The highest BCUT2D eigenvalue weighted by Gasteiger charge is 2.37. The molecule has 0 saturated heterocycles. The third kappa shape index (κ3) is 6.50. The Balaban J connectivity index is 1.35. The molecule has 2 aromatic rings. The van der Waals surface area contributed by atoms with Gasteiger partial charge in [0, 0.05) is 29.8 Å². The number of fused-ring (bicyclic) bond motifs is 1. The molecule has 5 unspecified atom stereocenters. The highest BCUT2D eigenvalue weighted by atomic mass is 35.5. The number of benzene rings is 2. The van der Waals surface area contributed by atoms with Crippen LogP contribution in [0, 0.1) is 23.7 Å². The second-order valence-electron chi connectivity index (χ2n) is 12.0. The summed E-state index contributed by atoms with van der Waals surface area (Å²) in [7, 11) is 0. The van der Waals surface area contributed by atoms with Gasteiger partial charge < -0.3 is 14.7 Å². The third-order valence-electron chi connectivity index (χ3n) is 9.43. The first-order chi connectivity index (χ1) is 19.4. The number of nitrogens with zero attached hydrogens (tertiary/aromatic N) is 1. The monoisotopic (exact) mass is 582 g/mol. The largest absolute Gasteiger partial charge is 0.491 e. The molecule has 0 radical (unpaired) electrons. The van der Waals surface area contributed by atoms with Gasteiger partial charge in [-0.1, -0.05) is 68.0 Å². The maximum atomic E-state index is 11.9. The van der Waals surface area contributed by atoms with Crippen LogP contribution in [0.25, 0.3) is 0 Å². The average Bonchev–Trinajstić information content (AvgIpc) is 3.08. The number of carboxylic acids is 1. The summed E-state index contributed by atoms with van der Waals surface area (Å²) >= 11 is 7.86. The summed E-state index contributed by atoms with van der Waals surface area (Å²) in [5.41, 5.74) is 5.41. The predicted octanol–water partition coefficient (Wildman–Crippen LogP) is 7.97. The van der Waals surface area contributed by atoms with E-state index in [-0.39, 0.29) is 5.92 Å². The number of halogens is 1. The first-order valence-corrected chi connectivity index (χ1v) is 16.4.